The van der Waals surface area contributed by atoms with Crippen LogP contribution in [-0.4, -0.2) is 10.1 Å². The minimum absolute atomic E-state index is 0.117. The molecule has 0 bridgehead atoms. The van der Waals surface area contributed by atoms with Gasteiger partial charge in [0.15, 0.2) is 5.01 Å². The molecule has 0 aliphatic heterocycles. The maximum Gasteiger partial charge on any atom is 0.443 e. The van der Waals surface area contributed by atoms with Gasteiger partial charge >= 0.3 is 6.18 Å². The molecule has 2 nitrogen and oxygen atoms in total. The van der Waals surface area contributed by atoms with Crippen molar-refractivity contribution in [2.75, 3.05) is 0 Å². The van der Waals surface area contributed by atoms with Crippen molar-refractivity contribution in [2.24, 2.45) is 5.92 Å². The number of thiazole rings is 1. The van der Waals surface area contributed by atoms with E-state index in [0.717, 1.165) is 6.20 Å². The van der Waals surface area contributed by atoms with E-state index < -0.39 is 16.8 Å². The monoisotopic (exact) mass is 253 g/mol. The van der Waals surface area contributed by atoms with E-state index in [9.17, 15) is 18.3 Å². The number of aliphatic hydroxyl groups is 1. The van der Waals surface area contributed by atoms with Gasteiger partial charge in [0.1, 0.15) is 5.60 Å². The predicted molar refractivity (Wildman–Crippen MR) is 56.1 cm³/mol. The molecule has 1 aromatic rings. The Kier molecular flexibility index (Phi) is 3.64. The normalized spacial score (nSPS) is 18.2. The molecule has 0 aliphatic rings. The van der Waals surface area contributed by atoms with Crippen LogP contribution >= 0.6 is 11.3 Å². The molecule has 0 spiro atoms. The first-order valence-corrected chi connectivity index (χ1v) is 5.77. The van der Waals surface area contributed by atoms with Crippen molar-refractivity contribution >= 4 is 11.3 Å². The lowest BCUT2D eigenvalue weighted by Crippen LogP contribution is -2.28. The summed E-state index contributed by atoms with van der Waals surface area (Å²) in [5, 5.41) is 9.23. The van der Waals surface area contributed by atoms with Crippen LogP contribution in [0, 0.1) is 5.92 Å². The number of alkyl halides is 3. The van der Waals surface area contributed by atoms with Crippen LogP contribution < -0.4 is 0 Å². The van der Waals surface area contributed by atoms with Gasteiger partial charge in [0.05, 0.1) is 4.88 Å². The summed E-state index contributed by atoms with van der Waals surface area (Å²) in [5.41, 5.74) is -1.25. The highest BCUT2D eigenvalue weighted by Crippen LogP contribution is 2.39. The molecule has 0 radical (unpaired) electrons. The molecule has 16 heavy (non-hydrogen) atoms. The van der Waals surface area contributed by atoms with E-state index in [1.807, 2.05) is 6.92 Å². The van der Waals surface area contributed by atoms with Crippen LogP contribution in [0.1, 0.15) is 37.1 Å². The van der Waals surface area contributed by atoms with Crippen LogP contribution in [0.25, 0.3) is 0 Å². The van der Waals surface area contributed by atoms with Crippen molar-refractivity contribution in [3.63, 3.8) is 0 Å². The van der Waals surface area contributed by atoms with E-state index >= 15 is 0 Å². The van der Waals surface area contributed by atoms with E-state index in [4.69, 9.17) is 0 Å². The molecule has 1 rings (SSSR count). The van der Waals surface area contributed by atoms with Gasteiger partial charge in [-0.2, -0.15) is 13.2 Å². The average molecular weight is 253 g/mol. The fraction of sp³-hybridized carbons (Fsp3) is 0.700. The second-order valence-corrected chi connectivity index (χ2v) is 5.01. The number of rotatable bonds is 3. The van der Waals surface area contributed by atoms with Gasteiger partial charge in [-0.3, -0.25) is 0 Å². The fourth-order valence-corrected chi connectivity index (χ4v) is 2.22. The highest BCUT2D eigenvalue weighted by atomic mass is 32.1. The van der Waals surface area contributed by atoms with E-state index in [2.05, 4.69) is 4.98 Å². The molecule has 2 atom stereocenters. The topological polar surface area (TPSA) is 33.1 Å². The van der Waals surface area contributed by atoms with Gasteiger partial charge in [-0.25, -0.2) is 4.98 Å². The highest BCUT2D eigenvalue weighted by Gasteiger charge is 2.38. The zero-order chi connectivity index (χ0) is 12.6. The van der Waals surface area contributed by atoms with E-state index in [1.165, 1.54) is 6.92 Å². The second-order valence-electron chi connectivity index (χ2n) is 3.98. The standard InChI is InChI=1S/C10H14F3NOS/c1-4-6(2)9(3,15)7-5-14-8(16-7)10(11,12)13/h5-6,15H,4H2,1-3H3. The van der Waals surface area contributed by atoms with E-state index in [-0.39, 0.29) is 10.8 Å². The number of hydrogen-bond acceptors (Lipinski definition) is 3. The molecule has 92 valence electrons. The SMILES string of the molecule is CCC(C)C(C)(O)c1cnc(C(F)(F)F)s1. The third kappa shape index (κ3) is 2.55. The summed E-state index contributed by atoms with van der Waals surface area (Å²) >= 11 is 0.504. The average Bonchev–Trinajstić information content (AvgIpc) is 2.64. The zero-order valence-electron chi connectivity index (χ0n) is 9.30. The third-order valence-electron chi connectivity index (χ3n) is 2.82. The third-order valence-corrected chi connectivity index (χ3v) is 4.09. The Morgan fingerprint density at radius 1 is 1.50 bits per heavy atom. The smallest absolute Gasteiger partial charge is 0.384 e. The van der Waals surface area contributed by atoms with Gasteiger partial charge in [0.2, 0.25) is 0 Å². The zero-order valence-corrected chi connectivity index (χ0v) is 10.1. The van der Waals surface area contributed by atoms with Gasteiger partial charge in [0.25, 0.3) is 0 Å². The quantitative estimate of drug-likeness (QED) is 0.895. The molecule has 6 heteroatoms. The Morgan fingerprint density at radius 3 is 2.44 bits per heavy atom. The summed E-state index contributed by atoms with van der Waals surface area (Å²) in [6.45, 7) is 5.20. The Labute approximate surface area is 96.1 Å². The summed E-state index contributed by atoms with van der Waals surface area (Å²) in [6.07, 6.45) is -2.64. The van der Waals surface area contributed by atoms with E-state index in [0.29, 0.717) is 17.8 Å². The molecule has 1 heterocycles. The van der Waals surface area contributed by atoms with Crippen LogP contribution in [-0.2, 0) is 11.8 Å². The van der Waals surface area contributed by atoms with Crippen LogP contribution in [0.15, 0.2) is 6.20 Å². The van der Waals surface area contributed by atoms with E-state index in [1.54, 1.807) is 6.92 Å². The maximum atomic E-state index is 12.3. The Hall–Kier alpha value is -0.620. The molecule has 1 N–H and O–H groups in total. The lowest BCUT2D eigenvalue weighted by atomic mass is 9.88. The van der Waals surface area contributed by atoms with Crippen LogP contribution in [0.3, 0.4) is 0 Å². The molecule has 0 aliphatic carbocycles. The fourth-order valence-electron chi connectivity index (χ4n) is 1.28. The number of aromatic nitrogens is 1. The minimum Gasteiger partial charge on any atom is -0.384 e. The van der Waals surface area contributed by atoms with Gasteiger partial charge < -0.3 is 5.11 Å². The first-order valence-electron chi connectivity index (χ1n) is 4.95. The number of nitrogens with zero attached hydrogens (tertiary/aromatic N) is 1. The number of hydrogen-bond donors (Lipinski definition) is 1. The van der Waals surface area contributed by atoms with Crippen molar-refractivity contribution in [1.82, 2.24) is 4.98 Å². The molecule has 2 unspecified atom stereocenters. The maximum absolute atomic E-state index is 12.3. The number of halogens is 3. The summed E-state index contributed by atoms with van der Waals surface area (Å²) < 4.78 is 37.0. The Bertz CT molecular complexity index is 359. The predicted octanol–water partition coefficient (Wildman–Crippen LogP) is 3.42. The van der Waals surface area contributed by atoms with Gasteiger partial charge in [0, 0.05) is 6.20 Å². The molecular weight excluding hydrogens is 239 g/mol. The van der Waals surface area contributed by atoms with Crippen molar-refractivity contribution in [3.8, 4) is 0 Å². The molecule has 0 aromatic carbocycles. The summed E-state index contributed by atoms with van der Waals surface area (Å²) in [6, 6.07) is 0. The van der Waals surface area contributed by atoms with Gasteiger partial charge in [-0.15, -0.1) is 11.3 Å². The summed E-state index contributed by atoms with van der Waals surface area (Å²) in [7, 11) is 0. The van der Waals surface area contributed by atoms with Crippen LogP contribution in [0.2, 0.25) is 0 Å². The summed E-state index contributed by atoms with van der Waals surface area (Å²) in [5.74, 6) is -0.117. The highest BCUT2D eigenvalue weighted by molar-refractivity contribution is 7.11. The first-order chi connectivity index (χ1) is 7.19. The molecule has 0 saturated carbocycles. The van der Waals surface area contributed by atoms with Crippen molar-refractivity contribution in [1.29, 1.82) is 0 Å². The molecule has 0 amide bonds. The Balaban J connectivity index is 3.02. The molecular formula is C10H14F3NOS. The van der Waals surface area contributed by atoms with Gasteiger partial charge in [-0.1, -0.05) is 20.3 Å². The van der Waals surface area contributed by atoms with Crippen molar-refractivity contribution in [2.45, 2.75) is 39.0 Å². The molecule has 1 aromatic heterocycles. The lowest BCUT2D eigenvalue weighted by Gasteiger charge is -2.27. The first kappa shape index (κ1) is 13.4. The van der Waals surface area contributed by atoms with Crippen molar-refractivity contribution < 1.29 is 18.3 Å². The lowest BCUT2D eigenvalue weighted by molar-refractivity contribution is -0.137. The largest absolute Gasteiger partial charge is 0.443 e. The summed E-state index contributed by atoms with van der Waals surface area (Å²) in [4.78, 5) is 3.56. The minimum atomic E-state index is -4.44. The van der Waals surface area contributed by atoms with Crippen LogP contribution in [0.5, 0.6) is 0 Å². The second kappa shape index (κ2) is 4.33. The van der Waals surface area contributed by atoms with Crippen LogP contribution in [0.4, 0.5) is 13.2 Å². The molecule has 0 saturated heterocycles. The molecule has 0 fully saturated rings. The Morgan fingerprint density at radius 2 is 2.06 bits per heavy atom. The van der Waals surface area contributed by atoms with Gasteiger partial charge in [-0.05, 0) is 12.8 Å². The van der Waals surface area contributed by atoms with Crippen molar-refractivity contribution in [3.05, 3.63) is 16.1 Å².